The zero-order valence-electron chi connectivity index (χ0n) is 20.8. The summed E-state index contributed by atoms with van der Waals surface area (Å²) in [6.45, 7) is -0.0892. The molecule has 0 bridgehead atoms. The van der Waals surface area contributed by atoms with Crippen LogP contribution in [0.2, 0.25) is 0 Å². The van der Waals surface area contributed by atoms with Gasteiger partial charge < -0.3 is 8.98 Å². The Bertz CT molecular complexity index is 1690. The van der Waals surface area contributed by atoms with Crippen LogP contribution in [0.4, 0.5) is 4.79 Å². The molecule has 6 rings (SSSR count). The fourth-order valence-corrected chi connectivity index (χ4v) is 4.75. The van der Waals surface area contributed by atoms with E-state index in [0.29, 0.717) is 11.3 Å². The average molecular weight is 514 g/mol. The summed E-state index contributed by atoms with van der Waals surface area (Å²) >= 11 is 0. The van der Waals surface area contributed by atoms with Crippen LogP contribution in [0.25, 0.3) is 34.3 Å². The molecule has 0 spiro atoms. The number of urea groups is 1. The number of nitrogens with zero attached hydrogens (tertiary/aromatic N) is 2. The van der Waals surface area contributed by atoms with Gasteiger partial charge >= 0.3 is 6.03 Å². The Morgan fingerprint density at radius 3 is 2.03 bits per heavy atom. The lowest BCUT2D eigenvalue weighted by Crippen LogP contribution is -2.53. The van der Waals surface area contributed by atoms with E-state index in [1.165, 1.54) is 6.26 Å². The first kappa shape index (κ1) is 23.9. The molecular formula is C32H23N3O4. The number of hydrogen-bond donors (Lipinski definition) is 1. The second-order valence-corrected chi connectivity index (χ2v) is 9.02. The van der Waals surface area contributed by atoms with E-state index < -0.39 is 17.8 Å². The number of rotatable bonds is 6. The van der Waals surface area contributed by atoms with Crippen molar-refractivity contribution in [1.82, 2.24) is 14.8 Å². The van der Waals surface area contributed by atoms with Crippen molar-refractivity contribution in [2.24, 2.45) is 0 Å². The fraction of sp³-hybridized carbons (Fsp3) is 0.0312. The van der Waals surface area contributed by atoms with Crippen molar-refractivity contribution in [3.63, 3.8) is 0 Å². The number of furan rings is 1. The topological polar surface area (TPSA) is 84.6 Å². The van der Waals surface area contributed by atoms with E-state index in [1.807, 2.05) is 97.1 Å². The maximum atomic E-state index is 13.5. The van der Waals surface area contributed by atoms with Gasteiger partial charge in [-0.2, -0.15) is 0 Å². The molecule has 3 heterocycles. The predicted octanol–water partition coefficient (Wildman–Crippen LogP) is 6.07. The lowest BCUT2D eigenvalue weighted by atomic mass is 10.0. The molecule has 1 aliphatic rings. The van der Waals surface area contributed by atoms with E-state index in [0.717, 1.165) is 33.1 Å². The summed E-state index contributed by atoms with van der Waals surface area (Å²) in [5, 5.41) is 2.30. The average Bonchev–Trinajstić information content (AvgIpc) is 3.63. The van der Waals surface area contributed by atoms with E-state index in [1.54, 1.807) is 18.2 Å². The highest BCUT2D eigenvalue weighted by atomic mass is 16.3. The number of amides is 4. The lowest BCUT2D eigenvalue weighted by Gasteiger charge is -2.25. The monoisotopic (exact) mass is 513 g/mol. The van der Waals surface area contributed by atoms with Gasteiger partial charge in [-0.3, -0.25) is 19.8 Å². The van der Waals surface area contributed by atoms with Gasteiger partial charge in [0.15, 0.2) is 0 Å². The van der Waals surface area contributed by atoms with Crippen LogP contribution in [0.15, 0.2) is 125 Å². The van der Waals surface area contributed by atoms with Crippen LogP contribution < -0.4 is 5.32 Å². The SMILES string of the molecule is O=C1NC(=O)N(Cc2ccco2)C(=O)/C1=C\c1cc(-c2ccccc2)n(-c2ccccc2)c1-c1ccccc1. The Morgan fingerprint density at radius 1 is 0.744 bits per heavy atom. The lowest BCUT2D eigenvalue weighted by molar-refractivity contribution is -0.130. The van der Waals surface area contributed by atoms with Gasteiger partial charge in [-0.1, -0.05) is 78.9 Å². The molecule has 4 amide bonds. The van der Waals surface area contributed by atoms with Crippen molar-refractivity contribution >= 4 is 23.9 Å². The highest BCUT2D eigenvalue weighted by molar-refractivity contribution is 6.31. The molecule has 3 aromatic carbocycles. The molecule has 7 nitrogen and oxygen atoms in total. The Labute approximate surface area is 224 Å². The van der Waals surface area contributed by atoms with Gasteiger partial charge in [0.1, 0.15) is 11.3 Å². The molecule has 0 unspecified atom stereocenters. The van der Waals surface area contributed by atoms with Crippen LogP contribution in [0.1, 0.15) is 11.3 Å². The molecule has 0 aliphatic carbocycles. The summed E-state index contributed by atoms with van der Waals surface area (Å²) in [5.41, 5.74) is 5.02. The Morgan fingerprint density at radius 2 is 1.38 bits per heavy atom. The smallest absolute Gasteiger partial charge is 0.331 e. The summed E-state index contributed by atoms with van der Waals surface area (Å²) < 4.78 is 7.44. The molecule has 0 radical (unpaired) electrons. The van der Waals surface area contributed by atoms with Crippen molar-refractivity contribution in [1.29, 1.82) is 0 Å². The predicted molar refractivity (Wildman–Crippen MR) is 147 cm³/mol. The third-order valence-electron chi connectivity index (χ3n) is 6.54. The van der Waals surface area contributed by atoms with Gasteiger partial charge in [0.05, 0.1) is 24.2 Å². The summed E-state index contributed by atoms with van der Waals surface area (Å²) in [6.07, 6.45) is 3.03. The van der Waals surface area contributed by atoms with Crippen LogP contribution in [0.3, 0.4) is 0 Å². The van der Waals surface area contributed by atoms with Crippen molar-refractivity contribution in [2.45, 2.75) is 6.54 Å². The van der Waals surface area contributed by atoms with E-state index in [4.69, 9.17) is 4.42 Å². The molecule has 39 heavy (non-hydrogen) atoms. The molecule has 1 fully saturated rings. The van der Waals surface area contributed by atoms with E-state index in [-0.39, 0.29) is 12.1 Å². The second-order valence-electron chi connectivity index (χ2n) is 9.02. The minimum atomic E-state index is -0.784. The number of para-hydroxylation sites is 1. The summed E-state index contributed by atoms with van der Waals surface area (Å²) in [5.74, 6) is -1.000. The molecule has 1 aliphatic heterocycles. The van der Waals surface area contributed by atoms with Crippen LogP contribution >= 0.6 is 0 Å². The maximum absolute atomic E-state index is 13.5. The van der Waals surface area contributed by atoms with Crippen LogP contribution in [0, 0.1) is 0 Å². The quantitative estimate of drug-likeness (QED) is 0.221. The zero-order valence-corrected chi connectivity index (χ0v) is 20.8. The van der Waals surface area contributed by atoms with Crippen molar-refractivity contribution < 1.29 is 18.8 Å². The number of aromatic nitrogens is 1. The van der Waals surface area contributed by atoms with Crippen LogP contribution in [-0.2, 0) is 16.1 Å². The van der Waals surface area contributed by atoms with Crippen molar-refractivity contribution in [2.75, 3.05) is 0 Å². The fourth-order valence-electron chi connectivity index (χ4n) is 4.75. The number of nitrogens with one attached hydrogen (secondary N) is 1. The van der Waals surface area contributed by atoms with E-state index in [9.17, 15) is 14.4 Å². The summed E-state index contributed by atoms with van der Waals surface area (Å²) in [6, 6.07) is 34.1. The molecule has 5 aromatic rings. The van der Waals surface area contributed by atoms with Gasteiger partial charge in [-0.05, 0) is 47.5 Å². The maximum Gasteiger partial charge on any atom is 0.331 e. The first-order valence-electron chi connectivity index (χ1n) is 12.4. The molecule has 2 aromatic heterocycles. The zero-order chi connectivity index (χ0) is 26.8. The van der Waals surface area contributed by atoms with Crippen LogP contribution in [0.5, 0.6) is 0 Å². The third kappa shape index (κ3) is 4.57. The molecule has 1 saturated heterocycles. The number of benzene rings is 3. The Balaban J connectivity index is 1.56. The molecule has 0 saturated carbocycles. The molecule has 7 heteroatoms. The van der Waals surface area contributed by atoms with E-state index >= 15 is 0 Å². The van der Waals surface area contributed by atoms with E-state index in [2.05, 4.69) is 9.88 Å². The highest BCUT2D eigenvalue weighted by Crippen LogP contribution is 2.37. The molecule has 190 valence electrons. The summed E-state index contributed by atoms with van der Waals surface area (Å²) in [4.78, 5) is 40.0. The standard InChI is InChI=1S/C32H23N3O4/c36-30-27(31(37)34(32(38)33-30)21-26-17-10-18-39-26)19-24-20-28(22-11-4-1-5-12-22)35(25-15-8-3-9-16-25)29(24)23-13-6-2-7-14-23/h1-20H,21H2,(H,33,36,38)/b27-19-. The first-order chi connectivity index (χ1) is 19.1. The van der Waals surface area contributed by atoms with Crippen molar-refractivity contribution in [3.8, 4) is 28.2 Å². The number of hydrogen-bond acceptors (Lipinski definition) is 4. The normalized spacial score (nSPS) is 14.6. The molecular weight excluding hydrogens is 490 g/mol. The van der Waals surface area contributed by atoms with Crippen LogP contribution in [-0.4, -0.2) is 27.3 Å². The highest BCUT2D eigenvalue weighted by Gasteiger charge is 2.36. The number of barbiturate groups is 1. The number of carbonyl (C=O) groups excluding carboxylic acids is 3. The Kier molecular flexibility index (Phi) is 6.23. The largest absolute Gasteiger partial charge is 0.467 e. The second kappa shape index (κ2) is 10.1. The van der Waals surface area contributed by atoms with Gasteiger partial charge in [-0.25, -0.2) is 4.79 Å². The minimum absolute atomic E-state index is 0.0892. The van der Waals surface area contributed by atoms with Gasteiger partial charge in [0, 0.05) is 11.3 Å². The minimum Gasteiger partial charge on any atom is -0.467 e. The molecule has 1 N–H and O–H groups in total. The third-order valence-corrected chi connectivity index (χ3v) is 6.54. The van der Waals surface area contributed by atoms with Crippen molar-refractivity contribution in [3.05, 3.63) is 132 Å². The van der Waals surface area contributed by atoms with Gasteiger partial charge in [0.25, 0.3) is 11.8 Å². The number of carbonyl (C=O) groups is 3. The van der Waals surface area contributed by atoms with Gasteiger partial charge in [-0.15, -0.1) is 0 Å². The summed E-state index contributed by atoms with van der Waals surface area (Å²) in [7, 11) is 0. The van der Waals surface area contributed by atoms with Gasteiger partial charge in [0.2, 0.25) is 0 Å². The Hall–Kier alpha value is -5.43. The number of imide groups is 2. The first-order valence-corrected chi connectivity index (χ1v) is 12.4. The molecule has 0 atom stereocenters.